The highest BCUT2D eigenvalue weighted by atomic mass is 16.8. The van der Waals surface area contributed by atoms with E-state index in [9.17, 15) is 15.3 Å². The standard InChI is InChI=1S/C35H42O10/c1-5-7-21-8-6-9-22(16-21)26-14-15-34(38)31-28(40-3)17-25(43-33-32(41-4)42-20-30(44-33)27(37)19-36)18-29(31)45-35(26,34)23-10-12-24(39-2)13-11-23/h6,8-13,16-18,26-27,30,32-33,36-38H,5,7,14-15,19-20H2,1-4H3. The summed E-state index contributed by atoms with van der Waals surface area (Å²) in [6.07, 6.45) is -0.801. The van der Waals surface area contributed by atoms with E-state index in [1.807, 2.05) is 24.3 Å². The fourth-order valence-electron chi connectivity index (χ4n) is 7.21. The van der Waals surface area contributed by atoms with Crippen LogP contribution in [-0.4, -0.2) is 74.7 Å². The van der Waals surface area contributed by atoms with Crippen LogP contribution in [0.25, 0.3) is 0 Å². The first-order chi connectivity index (χ1) is 21.8. The highest BCUT2D eigenvalue weighted by molar-refractivity contribution is 5.61. The Balaban J connectivity index is 1.43. The number of fused-ring (bicyclic) bond motifs is 3. The third-order valence-electron chi connectivity index (χ3n) is 9.31. The van der Waals surface area contributed by atoms with Crippen molar-refractivity contribution in [3.63, 3.8) is 0 Å². The van der Waals surface area contributed by atoms with Gasteiger partial charge in [-0.3, -0.25) is 0 Å². The van der Waals surface area contributed by atoms with Crippen molar-refractivity contribution in [3.05, 3.63) is 82.9 Å². The summed E-state index contributed by atoms with van der Waals surface area (Å²) < 4.78 is 41.6. The molecule has 2 heterocycles. The van der Waals surface area contributed by atoms with E-state index in [0.717, 1.165) is 24.0 Å². The first kappa shape index (κ1) is 31.6. The van der Waals surface area contributed by atoms with Crippen LogP contribution in [0.3, 0.4) is 0 Å². The molecule has 0 bridgehead atoms. The summed E-state index contributed by atoms with van der Waals surface area (Å²) in [5, 5.41) is 32.5. The monoisotopic (exact) mass is 622 g/mol. The Bertz CT molecular complexity index is 1480. The van der Waals surface area contributed by atoms with Crippen LogP contribution in [0, 0.1) is 0 Å². The molecule has 1 saturated heterocycles. The highest BCUT2D eigenvalue weighted by Gasteiger charge is 2.69. The Morgan fingerprint density at radius 2 is 1.78 bits per heavy atom. The van der Waals surface area contributed by atoms with Crippen molar-refractivity contribution in [1.82, 2.24) is 0 Å². The van der Waals surface area contributed by atoms with E-state index >= 15 is 0 Å². The smallest absolute Gasteiger partial charge is 0.251 e. The maximum absolute atomic E-state index is 12.9. The number of benzene rings is 3. The predicted octanol–water partition coefficient (Wildman–Crippen LogP) is 4.16. The van der Waals surface area contributed by atoms with E-state index < -0.39 is 42.6 Å². The average molecular weight is 623 g/mol. The van der Waals surface area contributed by atoms with E-state index in [-0.39, 0.29) is 12.5 Å². The van der Waals surface area contributed by atoms with Gasteiger partial charge in [0.1, 0.15) is 40.8 Å². The molecule has 242 valence electrons. The van der Waals surface area contributed by atoms with E-state index in [2.05, 4.69) is 31.2 Å². The highest BCUT2D eigenvalue weighted by Crippen LogP contribution is 2.68. The first-order valence-electron chi connectivity index (χ1n) is 15.4. The molecule has 10 nitrogen and oxygen atoms in total. The second kappa shape index (κ2) is 12.8. The van der Waals surface area contributed by atoms with Crippen LogP contribution in [0.1, 0.15) is 54.4 Å². The zero-order chi connectivity index (χ0) is 31.8. The molecular weight excluding hydrogens is 580 g/mol. The van der Waals surface area contributed by atoms with Gasteiger partial charge >= 0.3 is 0 Å². The summed E-state index contributed by atoms with van der Waals surface area (Å²) in [6.45, 7) is 1.69. The molecule has 3 aromatic rings. The quantitative estimate of drug-likeness (QED) is 0.287. The van der Waals surface area contributed by atoms with Crippen LogP contribution in [0.15, 0.2) is 60.7 Å². The van der Waals surface area contributed by atoms with Crippen LogP contribution < -0.4 is 18.9 Å². The second-order valence-corrected chi connectivity index (χ2v) is 11.9. The summed E-state index contributed by atoms with van der Waals surface area (Å²) in [4.78, 5) is 0. The molecule has 1 aliphatic carbocycles. The number of hydrogen-bond donors (Lipinski definition) is 3. The summed E-state index contributed by atoms with van der Waals surface area (Å²) in [6, 6.07) is 19.6. The van der Waals surface area contributed by atoms with Crippen molar-refractivity contribution in [3.8, 4) is 23.0 Å². The third-order valence-corrected chi connectivity index (χ3v) is 9.31. The molecule has 45 heavy (non-hydrogen) atoms. The van der Waals surface area contributed by atoms with Crippen molar-refractivity contribution in [1.29, 1.82) is 0 Å². The molecule has 0 spiro atoms. The summed E-state index contributed by atoms with van der Waals surface area (Å²) in [7, 11) is 4.63. The van der Waals surface area contributed by atoms with Gasteiger partial charge in [0.15, 0.2) is 5.60 Å². The minimum Gasteiger partial charge on any atom is -0.497 e. The maximum atomic E-state index is 12.9. The van der Waals surface area contributed by atoms with Gasteiger partial charge in [0, 0.05) is 25.2 Å². The van der Waals surface area contributed by atoms with Crippen LogP contribution in [0.4, 0.5) is 0 Å². The molecular formula is C35H42O10. The van der Waals surface area contributed by atoms with Crippen LogP contribution in [0.5, 0.6) is 23.0 Å². The normalized spacial score (nSPS) is 29.4. The Morgan fingerprint density at radius 3 is 2.47 bits per heavy atom. The Kier molecular flexibility index (Phi) is 8.98. The van der Waals surface area contributed by atoms with Gasteiger partial charge in [0.05, 0.1) is 33.0 Å². The Morgan fingerprint density at radius 1 is 0.978 bits per heavy atom. The summed E-state index contributed by atoms with van der Waals surface area (Å²) in [5.74, 6) is 1.68. The number of ether oxygens (including phenoxy) is 7. The van der Waals surface area contributed by atoms with Crippen molar-refractivity contribution >= 4 is 0 Å². The van der Waals surface area contributed by atoms with Crippen molar-refractivity contribution in [2.24, 2.45) is 0 Å². The minimum absolute atomic E-state index is 0.0228. The maximum Gasteiger partial charge on any atom is 0.251 e. The van der Waals surface area contributed by atoms with E-state index in [1.54, 1.807) is 26.4 Å². The molecule has 6 rings (SSSR count). The van der Waals surface area contributed by atoms with Crippen LogP contribution >= 0.6 is 0 Å². The number of rotatable bonds is 11. The van der Waals surface area contributed by atoms with E-state index in [0.29, 0.717) is 41.4 Å². The fraction of sp³-hybridized carbons (Fsp3) is 0.486. The van der Waals surface area contributed by atoms with Crippen molar-refractivity contribution < 1.29 is 48.5 Å². The minimum atomic E-state index is -1.43. The van der Waals surface area contributed by atoms with Crippen LogP contribution in [0.2, 0.25) is 0 Å². The summed E-state index contributed by atoms with van der Waals surface area (Å²) in [5.41, 5.74) is 1.11. The van der Waals surface area contributed by atoms with Gasteiger partial charge in [0.25, 0.3) is 6.29 Å². The molecule has 2 aliphatic heterocycles. The molecule has 2 fully saturated rings. The Hall–Kier alpha value is -3.38. The average Bonchev–Trinajstić information content (AvgIpc) is 3.50. The zero-order valence-electron chi connectivity index (χ0n) is 26.1. The van der Waals surface area contributed by atoms with Crippen LogP contribution in [-0.2, 0) is 31.8 Å². The van der Waals surface area contributed by atoms with E-state index in [4.69, 9.17) is 33.2 Å². The summed E-state index contributed by atoms with van der Waals surface area (Å²) >= 11 is 0. The van der Waals surface area contributed by atoms with Gasteiger partial charge < -0.3 is 48.5 Å². The lowest BCUT2D eigenvalue weighted by molar-refractivity contribution is -0.324. The molecule has 10 heteroatoms. The molecule has 3 aromatic carbocycles. The molecule has 0 amide bonds. The van der Waals surface area contributed by atoms with Crippen molar-refractivity contribution in [2.75, 3.05) is 34.5 Å². The van der Waals surface area contributed by atoms with Gasteiger partial charge in [0.2, 0.25) is 6.29 Å². The van der Waals surface area contributed by atoms with Gasteiger partial charge in [-0.1, -0.05) is 49.7 Å². The molecule has 7 atom stereocenters. The number of aryl methyl sites for hydroxylation is 1. The Labute approximate surface area is 263 Å². The van der Waals surface area contributed by atoms with Crippen molar-refractivity contribution in [2.45, 2.75) is 74.5 Å². The first-order valence-corrected chi connectivity index (χ1v) is 15.4. The SMILES string of the molecule is CCCc1cccc(C2CCC3(O)c4c(OC)cc(OC5OC(C(O)CO)COC5OC)cc4OC23c2ccc(OC)cc2)c1. The molecule has 3 N–H and O–H groups in total. The van der Waals surface area contributed by atoms with Gasteiger partial charge in [-0.25, -0.2) is 0 Å². The number of aliphatic hydroxyl groups excluding tert-OH is 2. The topological polar surface area (TPSA) is 125 Å². The van der Waals surface area contributed by atoms with Gasteiger partial charge in [-0.15, -0.1) is 0 Å². The van der Waals surface area contributed by atoms with Gasteiger partial charge in [-0.05, 0) is 48.1 Å². The lowest BCUT2D eigenvalue weighted by Crippen LogP contribution is -2.52. The largest absolute Gasteiger partial charge is 0.497 e. The predicted molar refractivity (Wildman–Crippen MR) is 164 cm³/mol. The zero-order valence-corrected chi connectivity index (χ0v) is 26.1. The molecule has 3 aliphatic rings. The number of aliphatic hydroxyl groups is 3. The third kappa shape index (κ3) is 5.33. The number of methoxy groups -OCH3 is 3. The number of hydrogen-bond acceptors (Lipinski definition) is 10. The molecule has 0 radical (unpaired) electrons. The molecule has 0 aromatic heterocycles. The second-order valence-electron chi connectivity index (χ2n) is 11.9. The molecule has 1 saturated carbocycles. The lowest BCUT2D eigenvalue weighted by atomic mass is 9.71. The lowest BCUT2D eigenvalue weighted by Gasteiger charge is -2.40. The van der Waals surface area contributed by atoms with Gasteiger partial charge in [-0.2, -0.15) is 0 Å². The molecule has 7 unspecified atom stereocenters. The van der Waals surface area contributed by atoms with E-state index in [1.165, 1.54) is 12.7 Å². The fourth-order valence-corrected chi connectivity index (χ4v) is 7.21.